The van der Waals surface area contributed by atoms with Crippen molar-refractivity contribution >= 4 is 0 Å². The molecule has 1 unspecified atom stereocenters. The van der Waals surface area contributed by atoms with Gasteiger partial charge in [-0.3, -0.25) is 4.90 Å². The van der Waals surface area contributed by atoms with Crippen LogP contribution in [0.2, 0.25) is 0 Å². The molecule has 0 saturated heterocycles. The molecule has 1 aliphatic rings. The molecule has 0 N–H and O–H groups in total. The van der Waals surface area contributed by atoms with Gasteiger partial charge in [0.15, 0.2) is 0 Å². The van der Waals surface area contributed by atoms with E-state index in [9.17, 15) is 0 Å². The minimum absolute atomic E-state index is 0.473. The van der Waals surface area contributed by atoms with Gasteiger partial charge < -0.3 is 4.57 Å². The third-order valence-electron chi connectivity index (χ3n) is 4.29. The molecule has 0 bridgehead atoms. The van der Waals surface area contributed by atoms with Crippen LogP contribution in [-0.2, 0) is 6.54 Å². The molecule has 3 rings (SSSR count). The lowest BCUT2D eigenvalue weighted by Gasteiger charge is -2.33. The fourth-order valence-corrected chi connectivity index (χ4v) is 3.09. The normalized spacial score (nSPS) is 19.0. The van der Waals surface area contributed by atoms with Crippen molar-refractivity contribution in [3.8, 4) is 11.3 Å². The van der Waals surface area contributed by atoms with Crippen molar-refractivity contribution in [2.24, 2.45) is 0 Å². The van der Waals surface area contributed by atoms with Crippen LogP contribution in [-0.4, -0.2) is 28.0 Å². The van der Waals surface area contributed by atoms with Crippen molar-refractivity contribution in [1.29, 1.82) is 0 Å². The number of hydrogen-bond acceptors (Lipinski definition) is 2. The molecule has 3 nitrogen and oxygen atoms in total. The monoisotopic (exact) mass is 269 g/mol. The van der Waals surface area contributed by atoms with E-state index in [0.29, 0.717) is 6.04 Å². The lowest BCUT2D eigenvalue weighted by molar-refractivity contribution is 0.179. The van der Waals surface area contributed by atoms with Gasteiger partial charge in [0.1, 0.15) is 5.82 Å². The molecule has 1 aromatic carbocycles. The summed E-state index contributed by atoms with van der Waals surface area (Å²) in [6, 6.07) is 11.1. The van der Waals surface area contributed by atoms with Crippen molar-refractivity contribution in [3.05, 3.63) is 42.4 Å². The van der Waals surface area contributed by atoms with E-state index in [0.717, 1.165) is 13.1 Å². The van der Waals surface area contributed by atoms with E-state index >= 15 is 0 Å². The van der Waals surface area contributed by atoms with Crippen LogP contribution in [0, 0.1) is 0 Å². The highest BCUT2D eigenvalue weighted by atomic mass is 15.3. The highest BCUT2D eigenvalue weighted by Crippen LogP contribution is 2.32. The van der Waals surface area contributed by atoms with Crippen LogP contribution in [0.3, 0.4) is 0 Å². The highest BCUT2D eigenvalue weighted by Gasteiger charge is 2.27. The van der Waals surface area contributed by atoms with Crippen molar-refractivity contribution in [2.75, 3.05) is 13.6 Å². The Morgan fingerprint density at radius 3 is 2.75 bits per heavy atom. The summed E-state index contributed by atoms with van der Waals surface area (Å²) in [6.07, 6.45) is 5.76. The molecule has 20 heavy (non-hydrogen) atoms. The lowest BCUT2D eigenvalue weighted by atomic mass is 10.1. The zero-order chi connectivity index (χ0) is 13.9. The van der Waals surface area contributed by atoms with Crippen LogP contribution < -0.4 is 0 Å². The summed E-state index contributed by atoms with van der Waals surface area (Å²) in [5, 5.41) is 0. The molecule has 0 spiro atoms. The first-order valence-electron chi connectivity index (χ1n) is 7.62. The van der Waals surface area contributed by atoms with Gasteiger partial charge in [0.25, 0.3) is 0 Å². The number of rotatable bonds is 4. The Bertz CT molecular complexity index is 559. The molecule has 2 aromatic rings. The molecular weight excluding hydrogens is 246 g/mol. The number of fused-ring (bicyclic) bond motifs is 1. The summed E-state index contributed by atoms with van der Waals surface area (Å²) < 4.78 is 2.41. The van der Waals surface area contributed by atoms with Crippen LogP contribution in [0.4, 0.5) is 0 Å². The average Bonchev–Trinajstić information content (AvgIpc) is 2.91. The molecule has 1 atom stereocenters. The third kappa shape index (κ3) is 2.38. The van der Waals surface area contributed by atoms with Gasteiger partial charge in [-0.25, -0.2) is 4.98 Å². The van der Waals surface area contributed by atoms with Crippen LogP contribution in [0.25, 0.3) is 11.3 Å². The molecule has 1 aromatic heterocycles. The Labute approximate surface area is 121 Å². The van der Waals surface area contributed by atoms with Crippen molar-refractivity contribution in [3.63, 3.8) is 0 Å². The van der Waals surface area contributed by atoms with Crippen LogP contribution in [0.5, 0.6) is 0 Å². The lowest BCUT2D eigenvalue weighted by Crippen LogP contribution is -2.35. The molecule has 0 amide bonds. The van der Waals surface area contributed by atoms with E-state index in [2.05, 4.69) is 53.8 Å². The number of hydrogen-bond donors (Lipinski definition) is 0. The average molecular weight is 269 g/mol. The predicted molar refractivity (Wildman–Crippen MR) is 82.6 cm³/mol. The maximum Gasteiger partial charge on any atom is 0.126 e. The Balaban J connectivity index is 1.95. The second-order valence-electron chi connectivity index (χ2n) is 5.66. The van der Waals surface area contributed by atoms with E-state index < -0.39 is 0 Å². The smallest absolute Gasteiger partial charge is 0.126 e. The molecule has 2 heterocycles. The summed E-state index contributed by atoms with van der Waals surface area (Å²) in [7, 11) is 2.22. The molecular formula is C17H23N3. The summed E-state index contributed by atoms with van der Waals surface area (Å²) in [5.74, 6) is 1.24. The van der Waals surface area contributed by atoms with Crippen LogP contribution in [0.15, 0.2) is 36.5 Å². The summed E-state index contributed by atoms with van der Waals surface area (Å²) in [5.41, 5.74) is 2.53. The second kappa shape index (κ2) is 5.80. The van der Waals surface area contributed by atoms with Crippen molar-refractivity contribution in [1.82, 2.24) is 14.5 Å². The number of benzene rings is 1. The SMILES string of the molecule is CCCCC1c2ncc(-c3ccccc3)n2CCN1C. The van der Waals surface area contributed by atoms with E-state index in [4.69, 9.17) is 4.98 Å². The van der Waals surface area contributed by atoms with Gasteiger partial charge >= 0.3 is 0 Å². The molecule has 0 fully saturated rings. The largest absolute Gasteiger partial charge is 0.325 e. The van der Waals surface area contributed by atoms with Crippen LogP contribution in [0.1, 0.15) is 38.1 Å². The fourth-order valence-electron chi connectivity index (χ4n) is 3.09. The Morgan fingerprint density at radius 2 is 2.00 bits per heavy atom. The number of aromatic nitrogens is 2. The minimum Gasteiger partial charge on any atom is -0.325 e. The molecule has 0 radical (unpaired) electrons. The number of unbranched alkanes of at least 4 members (excludes halogenated alkanes) is 1. The highest BCUT2D eigenvalue weighted by molar-refractivity contribution is 5.59. The quantitative estimate of drug-likeness (QED) is 0.843. The summed E-state index contributed by atoms with van der Waals surface area (Å²) in [6.45, 7) is 4.40. The summed E-state index contributed by atoms with van der Waals surface area (Å²) >= 11 is 0. The maximum absolute atomic E-state index is 4.74. The van der Waals surface area contributed by atoms with Gasteiger partial charge in [0.05, 0.1) is 17.9 Å². The molecule has 1 aliphatic heterocycles. The van der Waals surface area contributed by atoms with Gasteiger partial charge in [-0.05, 0) is 19.0 Å². The number of likely N-dealkylation sites (N-methyl/N-ethyl adjacent to an activating group) is 1. The van der Waals surface area contributed by atoms with Gasteiger partial charge in [0.2, 0.25) is 0 Å². The van der Waals surface area contributed by atoms with E-state index in [1.807, 2.05) is 6.20 Å². The van der Waals surface area contributed by atoms with E-state index in [1.165, 1.54) is 36.3 Å². The van der Waals surface area contributed by atoms with Crippen molar-refractivity contribution in [2.45, 2.75) is 38.8 Å². The first kappa shape index (κ1) is 13.4. The molecule has 0 saturated carbocycles. The summed E-state index contributed by atoms with van der Waals surface area (Å²) in [4.78, 5) is 7.19. The van der Waals surface area contributed by atoms with Gasteiger partial charge in [-0.15, -0.1) is 0 Å². The topological polar surface area (TPSA) is 21.1 Å². The standard InChI is InChI=1S/C17H23N3/c1-3-4-10-15-17-18-13-16(14-8-6-5-7-9-14)20(17)12-11-19(15)2/h5-9,13,15H,3-4,10-12H2,1-2H3. The Morgan fingerprint density at radius 1 is 1.20 bits per heavy atom. The van der Waals surface area contributed by atoms with Gasteiger partial charge in [-0.2, -0.15) is 0 Å². The van der Waals surface area contributed by atoms with Gasteiger partial charge in [0, 0.05) is 13.1 Å². The first-order valence-corrected chi connectivity index (χ1v) is 7.62. The van der Waals surface area contributed by atoms with E-state index in [-0.39, 0.29) is 0 Å². The third-order valence-corrected chi connectivity index (χ3v) is 4.29. The first-order chi connectivity index (χ1) is 9.81. The number of nitrogens with zero attached hydrogens (tertiary/aromatic N) is 3. The molecule has 3 heteroatoms. The zero-order valence-electron chi connectivity index (χ0n) is 12.4. The minimum atomic E-state index is 0.473. The maximum atomic E-state index is 4.74. The second-order valence-corrected chi connectivity index (χ2v) is 5.66. The van der Waals surface area contributed by atoms with Gasteiger partial charge in [-0.1, -0.05) is 50.1 Å². The van der Waals surface area contributed by atoms with E-state index in [1.54, 1.807) is 0 Å². The van der Waals surface area contributed by atoms with Crippen LogP contribution >= 0.6 is 0 Å². The Kier molecular flexibility index (Phi) is 3.88. The zero-order valence-corrected chi connectivity index (χ0v) is 12.4. The molecule has 106 valence electrons. The fraction of sp³-hybridized carbons (Fsp3) is 0.471. The van der Waals surface area contributed by atoms with Crippen molar-refractivity contribution < 1.29 is 0 Å². The number of imidazole rings is 1. The Hall–Kier alpha value is -1.61. The molecule has 0 aliphatic carbocycles. The predicted octanol–water partition coefficient (Wildman–Crippen LogP) is 3.73.